The lowest BCUT2D eigenvalue weighted by atomic mass is 10.0. The molecule has 0 saturated heterocycles. The molecule has 1 N–H and O–H groups in total. The molecule has 0 unspecified atom stereocenters. The fraction of sp³-hybridized carbons (Fsp3) is 0.308. The minimum atomic E-state index is -0.527. The molecule has 0 aromatic heterocycles. The fourth-order valence-electron chi connectivity index (χ4n) is 1.40. The summed E-state index contributed by atoms with van der Waals surface area (Å²) in [6.07, 6.45) is 0.205. The molecule has 0 fully saturated rings. The molecule has 0 atom stereocenters. The number of allylic oxidation sites excluding steroid dienone is 1. The van der Waals surface area contributed by atoms with Gasteiger partial charge in [-0.05, 0) is 30.2 Å². The van der Waals surface area contributed by atoms with E-state index in [1.807, 2.05) is 0 Å². The number of hydrogen-bond donors (Lipinski definition) is 1. The molecule has 0 aliphatic rings. The number of aliphatic hydroxyl groups excluding tert-OH is 1. The summed E-state index contributed by atoms with van der Waals surface area (Å²) in [5.74, 6) is -0.463. The quantitative estimate of drug-likeness (QED) is 0.826. The van der Waals surface area contributed by atoms with Crippen LogP contribution in [0.2, 0.25) is 0 Å². The number of ether oxygens (including phenoxy) is 1. The van der Waals surface area contributed by atoms with Gasteiger partial charge in [0.2, 0.25) is 0 Å². The van der Waals surface area contributed by atoms with Gasteiger partial charge in [0, 0.05) is 6.42 Å². The van der Waals surface area contributed by atoms with E-state index in [1.54, 1.807) is 6.07 Å². The summed E-state index contributed by atoms with van der Waals surface area (Å²) >= 11 is 0. The SMILES string of the molecule is C=C(CC(C)=O)c1ccc(OCCO)c(F)c1. The van der Waals surface area contributed by atoms with Crippen LogP contribution in [0.25, 0.3) is 5.57 Å². The van der Waals surface area contributed by atoms with Crippen molar-refractivity contribution < 1.29 is 19.0 Å². The molecule has 4 heteroatoms. The van der Waals surface area contributed by atoms with Crippen LogP contribution >= 0.6 is 0 Å². The molecule has 1 aromatic carbocycles. The van der Waals surface area contributed by atoms with Gasteiger partial charge in [-0.3, -0.25) is 4.79 Å². The van der Waals surface area contributed by atoms with Crippen molar-refractivity contribution in [2.45, 2.75) is 13.3 Å². The smallest absolute Gasteiger partial charge is 0.165 e. The first-order valence-corrected chi connectivity index (χ1v) is 5.25. The molecular formula is C13H15FO3. The molecule has 0 aliphatic carbocycles. The van der Waals surface area contributed by atoms with Crippen LogP contribution in [0.5, 0.6) is 5.75 Å². The van der Waals surface area contributed by atoms with E-state index in [-0.39, 0.29) is 31.2 Å². The summed E-state index contributed by atoms with van der Waals surface area (Å²) in [6, 6.07) is 4.38. The maximum atomic E-state index is 13.5. The molecule has 1 rings (SSSR count). The largest absolute Gasteiger partial charge is 0.488 e. The van der Waals surface area contributed by atoms with E-state index in [1.165, 1.54) is 19.1 Å². The van der Waals surface area contributed by atoms with Crippen molar-refractivity contribution in [1.82, 2.24) is 0 Å². The monoisotopic (exact) mass is 238 g/mol. The zero-order chi connectivity index (χ0) is 12.8. The van der Waals surface area contributed by atoms with Crippen molar-refractivity contribution in [1.29, 1.82) is 0 Å². The third-order valence-electron chi connectivity index (χ3n) is 2.15. The Morgan fingerprint density at radius 2 is 2.24 bits per heavy atom. The maximum absolute atomic E-state index is 13.5. The van der Waals surface area contributed by atoms with Crippen molar-refractivity contribution in [3.63, 3.8) is 0 Å². The Bertz CT molecular complexity index is 427. The van der Waals surface area contributed by atoms with E-state index in [4.69, 9.17) is 9.84 Å². The number of hydrogen-bond acceptors (Lipinski definition) is 3. The van der Waals surface area contributed by atoms with E-state index < -0.39 is 5.82 Å². The predicted octanol–water partition coefficient (Wildman–Crippen LogP) is 2.19. The molecule has 92 valence electrons. The topological polar surface area (TPSA) is 46.5 Å². The number of benzene rings is 1. The van der Waals surface area contributed by atoms with Crippen molar-refractivity contribution in [2.24, 2.45) is 0 Å². The second kappa shape index (κ2) is 6.15. The van der Waals surface area contributed by atoms with Gasteiger partial charge in [-0.15, -0.1) is 0 Å². The van der Waals surface area contributed by atoms with E-state index in [0.717, 1.165) is 0 Å². The molecule has 0 spiro atoms. The summed E-state index contributed by atoms with van der Waals surface area (Å²) in [5.41, 5.74) is 1.15. The van der Waals surface area contributed by atoms with Crippen LogP contribution in [-0.2, 0) is 4.79 Å². The van der Waals surface area contributed by atoms with Crippen LogP contribution in [-0.4, -0.2) is 24.1 Å². The van der Waals surface area contributed by atoms with E-state index in [0.29, 0.717) is 11.1 Å². The fourth-order valence-corrected chi connectivity index (χ4v) is 1.40. The lowest BCUT2D eigenvalue weighted by Gasteiger charge is -2.08. The van der Waals surface area contributed by atoms with Gasteiger partial charge >= 0.3 is 0 Å². The second-order valence-electron chi connectivity index (χ2n) is 3.70. The summed E-state index contributed by atoms with van der Waals surface area (Å²) in [4.78, 5) is 10.9. The highest BCUT2D eigenvalue weighted by Gasteiger charge is 2.08. The lowest BCUT2D eigenvalue weighted by Crippen LogP contribution is -2.03. The third kappa shape index (κ3) is 4.00. The molecule has 0 amide bonds. The Morgan fingerprint density at radius 1 is 1.53 bits per heavy atom. The van der Waals surface area contributed by atoms with E-state index in [9.17, 15) is 9.18 Å². The Labute approximate surface area is 99.5 Å². The highest BCUT2D eigenvalue weighted by Crippen LogP contribution is 2.23. The normalized spacial score (nSPS) is 10.1. The average Bonchev–Trinajstić information content (AvgIpc) is 2.26. The Kier molecular flexibility index (Phi) is 4.84. The van der Waals surface area contributed by atoms with Crippen LogP contribution in [0.4, 0.5) is 4.39 Å². The molecule has 0 saturated carbocycles. The zero-order valence-electron chi connectivity index (χ0n) is 9.70. The molecule has 17 heavy (non-hydrogen) atoms. The first-order valence-electron chi connectivity index (χ1n) is 5.25. The molecular weight excluding hydrogens is 223 g/mol. The van der Waals surface area contributed by atoms with Gasteiger partial charge in [0.1, 0.15) is 12.4 Å². The zero-order valence-corrected chi connectivity index (χ0v) is 9.70. The number of ketones is 1. The summed E-state index contributed by atoms with van der Waals surface area (Å²) < 4.78 is 18.5. The highest BCUT2D eigenvalue weighted by molar-refractivity contribution is 5.87. The molecule has 0 radical (unpaired) electrons. The number of carbonyl (C=O) groups excluding carboxylic acids is 1. The van der Waals surface area contributed by atoms with Crippen molar-refractivity contribution in [3.8, 4) is 5.75 Å². The third-order valence-corrected chi connectivity index (χ3v) is 2.15. The van der Waals surface area contributed by atoms with Crippen LogP contribution in [0, 0.1) is 5.82 Å². The molecule has 0 heterocycles. The van der Waals surface area contributed by atoms with Gasteiger partial charge in [-0.1, -0.05) is 12.6 Å². The first kappa shape index (κ1) is 13.4. The number of Topliss-reactive ketones (excluding diaryl/α,β-unsaturated/α-hetero) is 1. The van der Waals surface area contributed by atoms with Crippen molar-refractivity contribution in [3.05, 3.63) is 36.2 Å². The number of carbonyl (C=O) groups is 1. The molecule has 1 aromatic rings. The van der Waals surface area contributed by atoms with Gasteiger partial charge in [0.25, 0.3) is 0 Å². The Balaban J connectivity index is 2.81. The van der Waals surface area contributed by atoms with Crippen LogP contribution < -0.4 is 4.74 Å². The second-order valence-corrected chi connectivity index (χ2v) is 3.70. The number of rotatable bonds is 6. The summed E-state index contributed by atoms with van der Waals surface area (Å²) in [6.45, 7) is 5.07. The van der Waals surface area contributed by atoms with Crippen LogP contribution in [0.15, 0.2) is 24.8 Å². The highest BCUT2D eigenvalue weighted by atomic mass is 19.1. The van der Waals surface area contributed by atoms with Gasteiger partial charge in [-0.2, -0.15) is 0 Å². The Hall–Kier alpha value is -1.68. The molecule has 0 aliphatic heterocycles. The Morgan fingerprint density at radius 3 is 2.76 bits per heavy atom. The van der Waals surface area contributed by atoms with Gasteiger partial charge < -0.3 is 9.84 Å². The van der Waals surface area contributed by atoms with Crippen LogP contribution in [0.1, 0.15) is 18.9 Å². The van der Waals surface area contributed by atoms with Crippen molar-refractivity contribution in [2.75, 3.05) is 13.2 Å². The molecule has 3 nitrogen and oxygen atoms in total. The maximum Gasteiger partial charge on any atom is 0.165 e. The average molecular weight is 238 g/mol. The minimum absolute atomic E-state index is 0.0176. The predicted molar refractivity (Wildman–Crippen MR) is 63.3 cm³/mol. The van der Waals surface area contributed by atoms with Crippen molar-refractivity contribution >= 4 is 11.4 Å². The number of halogens is 1. The van der Waals surface area contributed by atoms with Gasteiger partial charge in [0.05, 0.1) is 6.61 Å². The summed E-state index contributed by atoms with van der Waals surface area (Å²) in [7, 11) is 0. The lowest BCUT2D eigenvalue weighted by molar-refractivity contribution is -0.116. The standard InChI is InChI=1S/C13H15FO3/c1-9(7-10(2)16)11-3-4-13(12(14)8-11)17-6-5-15/h3-4,8,15H,1,5-7H2,2H3. The van der Waals surface area contributed by atoms with Gasteiger partial charge in [0.15, 0.2) is 11.6 Å². The summed E-state index contributed by atoms with van der Waals surface area (Å²) in [5, 5.41) is 8.56. The van der Waals surface area contributed by atoms with E-state index in [2.05, 4.69) is 6.58 Å². The van der Waals surface area contributed by atoms with Crippen LogP contribution in [0.3, 0.4) is 0 Å². The minimum Gasteiger partial charge on any atom is -0.488 e. The van der Waals surface area contributed by atoms with Gasteiger partial charge in [-0.25, -0.2) is 4.39 Å². The first-order chi connectivity index (χ1) is 8.04. The molecule has 0 bridgehead atoms. The number of aliphatic hydroxyl groups is 1. The van der Waals surface area contributed by atoms with E-state index >= 15 is 0 Å².